The first-order chi connectivity index (χ1) is 12.3. The van der Waals surface area contributed by atoms with Crippen LogP contribution in [0.2, 0.25) is 0 Å². The standard InChI is InChI=1S/C20H27N3O2.HI/c1-2-21-20(22-14-18(24)19-9-6-12-25-19)23-11-10-17(15-23)13-16-7-4-3-5-8-16;/h3-9,12,17-18,24H,2,10-11,13-15H2,1H3,(H,21,22);1H. The van der Waals surface area contributed by atoms with Gasteiger partial charge in [-0.2, -0.15) is 0 Å². The van der Waals surface area contributed by atoms with Crippen LogP contribution in [0.1, 0.15) is 30.8 Å². The van der Waals surface area contributed by atoms with Gasteiger partial charge in [0.1, 0.15) is 11.9 Å². The summed E-state index contributed by atoms with van der Waals surface area (Å²) in [5.74, 6) is 2.08. The number of rotatable bonds is 6. The number of nitrogens with zero attached hydrogens (tertiary/aromatic N) is 2. The zero-order chi connectivity index (χ0) is 17.5. The Morgan fingerprint density at radius 1 is 1.31 bits per heavy atom. The summed E-state index contributed by atoms with van der Waals surface area (Å²) in [5, 5.41) is 13.5. The van der Waals surface area contributed by atoms with E-state index >= 15 is 0 Å². The van der Waals surface area contributed by atoms with Crippen LogP contribution in [0.4, 0.5) is 0 Å². The maximum atomic E-state index is 10.2. The van der Waals surface area contributed by atoms with Crippen LogP contribution < -0.4 is 5.32 Å². The molecule has 2 unspecified atom stereocenters. The lowest BCUT2D eigenvalue weighted by Crippen LogP contribution is -2.40. The van der Waals surface area contributed by atoms with Crippen LogP contribution in [0.5, 0.6) is 0 Å². The van der Waals surface area contributed by atoms with Crippen molar-refractivity contribution in [2.45, 2.75) is 25.9 Å². The molecule has 3 rings (SSSR count). The van der Waals surface area contributed by atoms with Gasteiger partial charge in [-0.15, -0.1) is 24.0 Å². The molecule has 5 nitrogen and oxygen atoms in total. The molecule has 2 aromatic rings. The van der Waals surface area contributed by atoms with Crippen LogP contribution in [-0.4, -0.2) is 42.1 Å². The predicted molar refractivity (Wildman–Crippen MR) is 115 cm³/mol. The highest BCUT2D eigenvalue weighted by molar-refractivity contribution is 14.0. The highest BCUT2D eigenvalue weighted by Crippen LogP contribution is 2.21. The van der Waals surface area contributed by atoms with Crippen LogP contribution in [-0.2, 0) is 6.42 Å². The Kier molecular flexibility index (Phi) is 8.44. The second kappa shape index (κ2) is 10.6. The molecule has 1 aliphatic rings. The smallest absolute Gasteiger partial charge is 0.194 e. The Balaban J connectivity index is 0.00000243. The van der Waals surface area contributed by atoms with E-state index in [0.29, 0.717) is 18.2 Å². The normalized spacial score (nSPS) is 18.5. The zero-order valence-corrected chi connectivity index (χ0v) is 17.5. The van der Waals surface area contributed by atoms with E-state index in [9.17, 15) is 5.11 Å². The molecule has 1 fully saturated rings. The van der Waals surface area contributed by atoms with Gasteiger partial charge < -0.3 is 19.7 Å². The molecule has 2 N–H and O–H groups in total. The molecule has 0 bridgehead atoms. The van der Waals surface area contributed by atoms with E-state index in [-0.39, 0.29) is 24.0 Å². The number of nitrogens with one attached hydrogen (secondary N) is 1. The number of aliphatic hydroxyl groups excluding tert-OH is 1. The van der Waals surface area contributed by atoms with Gasteiger partial charge in [0.05, 0.1) is 12.8 Å². The summed E-state index contributed by atoms with van der Waals surface area (Å²) in [4.78, 5) is 6.91. The molecule has 6 heteroatoms. The van der Waals surface area contributed by atoms with E-state index < -0.39 is 6.10 Å². The van der Waals surface area contributed by atoms with Crippen molar-refractivity contribution in [3.8, 4) is 0 Å². The predicted octanol–water partition coefficient (Wildman–Crippen LogP) is 3.46. The fourth-order valence-electron chi connectivity index (χ4n) is 3.31. The molecule has 0 saturated carbocycles. The molecule has 142 valence electrons. The zero-order valence-electron chi connectivity index (χ0n) is 15.2. The van der Waals surface area contributed by atoms with E-state index in [2.05, 4.69) is 52.5 Å². The van der Waals surface area contributed by atoms with Gasteiger partial charge in [-0.3, -0.25) is 0 Å². The molecule has 0 radical (unpaired) electrons. The number of hydrogen-bond donors (Lipinski definition) is 2. The third-order valence-electron chi connectivity index (χ3n) is 4.57. The van der Waals surface area contributed by atoms with E-state index in [1.807, 2.05) is 0 Å². The second-order valence-electron chi connectivity index (χ2n) is 6.52. The van der Waals surface area contributed by atoms with Crippen molar-refractivity contribution in [1.29, 1.82) is 0 Å². The molecule has 1 aromatic carbocycles. The summed E-state index contributed by atoms with van der Waals surface area (Å²) in [7, 11) is 0. The van der Waals surface area contributed by atoms with E-state index in [1.54, 1.807) is 18.4 Å². The SMILES string of the molecule is CCNC(=NCC(O)c1ccco1)N1CCC(Cc2ccccc2)C1.I. The summed E-state index contributed by atoms with van der Waals surface area (Å²) in [6, 6.07) is 14.2. The third-order valence-corrected chi connectivity index (χ3v) is 4.57. The van der Waals surface area contributed by atoms with Gasteiger partial charge in [-0.05, 0) is 43.4 Å². The Morgan fingerprint density at radius 3 is 2.81 bits per heavy atom. The molecule has 0 aliphatic carbocycles. The monoisotopic (exact) mass is 469 g/mol. The van der Waals surface area contributed by atoms with Crippen molar-refractivity contribution < 1.29 is 9.52 Å². The van der Waals surface area contributed by atoms with Gasteiger partial charge in [0.25, 0.3) is 0 Å². The molecular formula is C20H28IN3O2. The van der Waals surface area contributed by atoms with Crippen LogP contribution >= 0.6 is 24.0 Å². The van der Waals surface area contributed by atoms with Gasteiger partial charge in [0, 0.05) is 19.6 Å². The fraction of sp³-hybridized carbons (Fsp3) is 0.450. The molecule has 1 aromatic heterocycles. The van der Waals surface area contributed by atoms with Crippen LogP contribution in [0.3, 0.4) is 0 Å². The molecule has 1 saturated heterocycles. The molecular weight excluding hydrogens is 441 g/mol. The van der Waals surface area contributed by atoms with Gasteiger partial charge in [-0.1, -0.05) is 30.3 Å². The highest BCUT2D eigenvalue weighted by atomic mass is 127. The Hall–Kier alpha value is -1.54. The Morgan fingerprint density at radius 2 is 2.12 bits per heavy atom. The number of aliphatic imine (C=N–C) groups is 1. The lowest BCUT2D eigenvalue weighted by molar-refractivity contribution is 0.158. The number of likely N-dealkylation sites (tertiary alicyclic amines) is 1. The number of halogens is 1. The van der Waals surface area contributed by atoms with Crippen molar-refractivity contribution in [3.63, 3.8) is 0 Å². The molecule has 0 amide bonds. The van der Waals surface area contributed by atoms with Crippen LogP contribution in [0.25, 0.3) is 0 Å². The molecule has 26 heavy (non-hydrogen) atoms. The summed E-state index contributed by atoms with van der Waals surface area (Å²) >= 11 is 0. The van der Waals surface area contributed by atoms with Crippen molar-refractivity contribution >= 4 is 29.9 Å². The Labute approximate surface area is 172 Å². The molecule has 1 aliphatic heterocycles. The average Bonchev–Trinajstić information content (AvgIpc) is 3.31. The Bertz CT molecular complexity index is 661. The summed E-state index contributed by atoms with van der Waals surface area (Å²) in [6.07, 6.45) is 3.14. The number of guanidine groups is 1. The number of benzene rings is 1. The van der Waals surface area contributed by atoms with Gasteiger partial charge in [0.15, 0.2) is 5.96 Å². The minimum atomic E-state index is -0.702. The molecule has 2 atom stereocenters. The highest BCUT2D eigenvalue weighted by Gasteiger charge is 2.25. The number of aliphatic hydroxyl groups is 1. The van der Waals surface area contributed by atoms with Crippen molar-refractivity contribution in [1.82, 2.24) is 10.2 Å². The topological polar surface area (TPSA) is 61.0 Å². The maximum Gasteiger partial charge on any atom is 0.194 e. The van der Waals surface area contributed by atoms with Gasteiger partial charge in [-0.25, -0.2) is 4.99 Å². The van der Waals surface area contributed by atoms with Crippen molar-refractivity contribution in [2.24, 2.45) is 10.9 Å². The minimum Gasteiger partial charge on any atom is -0.467 e. The third kappa shape index (κ3) is 5.74. The quantitative estimate of drug-likeness (QED) is 0.387. The van der Waals surface area contributed by atoms with Crippen molar-refractivity contribution in [2.75, 3.05) is 26.2 Å². The average molecular weight is 469 g/mol. The second-order valence-corrected chi connectivity index (χ2v) is 6.52. The summed E-state index contributed by atoms with van der Waals surface area (Å²) < 4.78 is 5.24. The fourth-order valence-corrected chi connectivity index (χ4v) is 3.31. The maximum absolute atomic E-state index is 10.2. The largest absolute Gasteiger partial charge is 0.467 e. The van der Waals surface area contributed by atoms with Crippen LogP contribution in [0.15, 0.2) is 58.1 Å². The van der Waals surface area contributed by atoms with E-state index in [0.717, 1.165) is 32.0 Å². The summed E-state index contributed by atoms with van der Waals surface area (Å²) in [6.45, 7) is 5.18. The lowest BCUT2D eigenvalue weighted by atomic mass is 9.99. The van der Waals surface area contributed by atoms with Crippen LogP contribution in [0, 0.1) is 5.92 Å². The van der Waals surface area contributed by atoms with E-state index in [1.165, 1.54) is 12.0 Å². The first kappa shape index (κ1) is 20.8. The first-order valence-corrected chi connectivity index (χ1v) is 9.05. The lowest BCUT2D eigenvalue weighted by Gasteiger charge is -2.22. The number of hydrogen-bond acceptors (Lipinski definition) is 3. The van der Waals surface area contributed by atoms with E-state index in [4.69, 9.17) is 4.42 Å². The van der Waals surface area contributed by atoms with Gasteiger partial charge in [0.2, 0.25) is 0 Å². The van der Waals surface area contributed by atoms with Gasteiger partial charge >= 0.3 is 0 Å². The minimum absolute atomic E-state index is 0. The molecule has 2 heterocycles. The molecule has 0 spiro atoms. The number of furan rings is 1. The summed E-state index contributed by atoms with van der Waals surface area (Å²) in [5.41, 5.74) is 1.39. The first-order valence-electron chi connectivity index (χ1n) is 9.05. The van der Waals surface area contributed by atoms with Crippen molar-refractivity contribution in [3.05, 3.63) is 60.1 Å².